The number of allylic oxidation sites excluding steroid dienone is 2. The molecule has 0 radical (unpaired) electrons. The molecule has 3 unspecified atom stereocenters. The lowest BCUT2D eigenvalue weighted by Gasteiger charge is -2.38. The SMILES string of the molecule is COc1cc(C2Nc3ccc(S(=O)(=O)N(C)Cc4ccccc4)cc3C3C=CCC32)cc(OC)c1OC. The maximum atomic E-state index is 13.4. The van der Waals surface area contributed by atoms with E-state index in [1.165, 1.54) is 4.31 Å². The van der Waals surface area contributed by atoms with Gasteiger partial charge in [-0.2, -0.15) is 4.31 Å². The van der Waals surface area contributed by atoms with E-state index in [9.17, 15) is 8.42 Å². The standard InChI is InChI=1S/C29H32N2O5S/c1-31(18-19-9-6-5-7-10-19)37(32,33)21-13-14-25-24(17-21)22-11-8-12-23(22)28(30-25)20-15-26(34-2)29(36-4)27(16-20)35-3/h5-11,13-17,22-23,28,30H,12,18H2,1-4H3. The van der Waals surface area contributed by atoms with Crippen molar-refractivity contribution in [3.05, 3.63) is 89.5 Å². The molecule has 3 atom stereocenters. The number of benzene rings is 3. The van der Waals surface area contributed by atoms with Gasteiger partial charge < -0.3 is 19.5 Å². The molecule has 1 aliphatic heterocycles. The Bertz CT molecular complexity index is 1400. The summed E-state index contributed by atoms with van der Waals surface area (Å²) in [5, 5.41) is 3.67. The third kappa shape index (κ3) is 4.55. The summed E-state index contributed by atoms with van der Waals surface area (Å²) in [6.07, 6.45) is 5.25. The van der Waals surface area contributed by atoms with Crippen molar-refractivity contribution in [2.45, 2.75) is 29.8 Å². The van der Waals surface area contributed by atoms with E-state index < -0.39 is 10.0 Å². The molecule has 0 fully saturated rings. The molecular formula is C29H32N2O5S. The fourth-order valence-corrected chi connectivity index (χ4v) is 6.64. The summed E-state index contributed by atoms with van der Waals surface area (Å²) < 4.78 is 45.0. The number of fused-ring (bicyclic) bond motifs is 3. The molecular weight excluding hydrogens is 488 g/mol. The number of nitrogens with zero attached hydrogens (tertiary/aromatic N) is 1. The van der Waals surface area contributed by atoms with E-state index >= 15 is 0 Å². The van der Waals surface area contributed by atoms with Gasteiger partial charge in [-0.15, -0.1) is 0 Å². The van der Waals surface area contributed by atoms with Gasteiger partial charge in [-0.3, -0.25) is 0 Å². The Kier molecular flexibility index (Phi) is 6.88. The molecule has 5 rings (SSSR count). The Balaban J connectivity index is 1.49. The van der Waals surface area contributed by atoms with Gasteiger partial charge in [0.05, 0.1) is 32.3 Å². The molecule has 0 amide bonds. The van der Waals surface area contributed by atoms with Crippen LogP contribution in [0.5, 0.6) is 17.2 Å². The average Bonchev–Trinajstić information content (AvgIpc) is 3.42. The average molecular weight is 521 g/mol. The van der Waals surface area contributed by atoms with Crippen LogP contribution in [0.2, 0.25) is 0 Å². The highest BCUT2D eigenvalue weighted by molar-refractivity contribution is 7.89. The molecule has 1 heterocycles. The monoisotopic (exact) mass is 520 g/mol. The van der Waals surface area contributed by atoms with E-state index in [0.717, 1.165) is 28.8 Å². The Morgan fingerprint density at radius 1 is 0.946 bits per heavy atom. The summed E-state index contributed by atoms with van der Waals surface area (Å²) in [6, 6.07) is 19.0. The lowest BCUT2D eigenvalue weighted by atomic mass is 9.77. The lowest BCUT2D eigenvalue weighted by molar-refractivity contribution is 0.322. The second-order valence-electron chi connectivity index (χ2n) is 9.43. The zero-order chi connectivity index (χ0) is 26.2. The van der Waals surface area contributed by atoms with Crippen LogP contribution in [0.1, 0.15) is 35.1 Å². The number of rotatable bonds is 8. The largest absolute Gasteiger partial charge is 0.493 e. The van der Waals surface area contributed by atoms with Crippen LogP contribution >= 0.6 is 0 Å². The van der Waals surface area contributed by atoms with Gasteiger partial charge in [0, 0.05) is 25.2 Å². The maximum Gasteiger partial charge on any atom is 0.243 e. The van der Waals surface area contributed by atoms with Crippen LogP contribution in [0, 0.1) is 5.92 Å². The van der Waals surface area contributed by atoms with Gasteiger partial charge in [0.25, 0.3) is 0 Å². The highest BCUT2D eigenvalue weighted by Crippen LogP contribution is 2.52. The first-order chi connectivity index (χ1) is 17.9. The molecule has 194 valence electrons. The number of ether oxygens (including phenoxy) is 3. The quantitative estimate of drug-likeness (QED) is 0.403. The van der Waals surface area contributed by atoms with Crippen LogP contribution in [0.25, 0.3) is 0 Å². The molecule has 0 saturated carbocycles. The number of sulfonamides is 1. The minimum atomic E-state index is -3.66. The van der Waals surface area contributed by atoms with Crippen molar-refractivity contribution in [3.8, 4) is 17.2 Å². The predicted molar refractivity (Wildman–Crippen MR) is 144 cm³/mol. The van der Waals surface area contributed by atoms with E-state index in [2.05, 4.69) is 17.5 Å². The lowest BCUT2D eigenvalue weighted by Crippen LogP contribution is -2.30. The Morgan fingerprint density at radius 2 is 1.65 bits per heavy atom. The predicted octanol–water partition coefficient (Wildman–Crippen LogP) is 5.36. The van der Waals surface area contributed by atoms with Gasteiger partial charge in [-0.05, 0) is 59.4 Å². The third-order valence-electron chi connectivity index (χ3n) is 7.34. The van der Waals surface area contributed by atoms with E-state index in [1.807, 2.05) is 54.6 Å². The summed E-state index contributed by atoms with van der Waals surface area (Å²) in [7, 11) is 2.78. The third-order valence-corrected chi connectivity index (χ3v) is 9.14. The van der Waals surface area contributed by atoms with Gasteiger partial charge >= 0.3 is 0 Å². The van der Waals surface area contributed by atoms with Crippen molar-refractivity contribution in [2.75, 3.05) is 33.7 Å². The topological polar surface area (TPSA) is 77.1 Å². The van der Waals surface area contributed by atoms with Crippen molar-refractivity contribution in [1.29, 1.82) is 0 Å². The Hall–Kier alpha value is -3.49. The summed E-state index contributed by atoms with van der Waals surface area (Å²) in [6.45, 7) is 0.313. The van der Waals surface area contributed by atoms with Gasteiger partial charge in [0.2, 0.25) is 15.8 Å². The van der Waals surface area contributed by atoms with Gasteiger partial charge in [0.1, 0.15) is 0 Å². The molecule has 0 saturated heterocycles. The van der Waals surface area contributed by atoms with Gasteiger partial charge in [-0.25, -0.2) is 8.42 Å². The normalized spacial score (nSPS) is 20.2. The van der Waals surface area contributed by atoms with Crippen molar-refractivity contribution in [3.63, 3.8) is 0 Å². The minimum absolute atomic E-state index is 0.00980. The molecule has 8 heteroatoms. The fraction of sp³-hybridized carbons (Fsp3) is 0.310. The number of anilines is 1. The summed E-state index contributed by atoms with van der Waals surface area (Å²) in [4.78, 5) is 0.303. The second-order valence-corrected chi connectivity index (χ2v) is 11.5. The van der Waals surface area contributed by atoms with Crippen LogP contribution < -0.4 is 19.5 Å². The zero-order valence-electron chi connectivity index (χ0n) is 21.5. The van der Waals surface area contributed by atoms with Gasteiger partial charge in [0.15, 0.2) is 11.5 Å². The molecule has 3 aromatic rings. The number of hydrogen-bond donors (Lipinski definition) is 1. The number of methoxy groups -OCH3 is 3. The molecule has 7 nitrogen and oxygen atoms in total. The van der Waals surface area contributed by atoms with Crippen molar-refractivity contribution in [1.82, 2.24) is 4.31 Å². The highest BCUT2D eigenvalue weighted by Gasteiger charge is 2.39. The van der Waals surface area contributed by atoms with Crippen molar-refractivity contribution >= 4 is 15.7 Å². The van der Waals surface area contributed by atoms with E-state index in [4.69, 9.17) is 14.2 Å². The van der Waals surface area contributed by atoms with E-state index in [0.29, 0.717) is 28.7 Å². The molecule has 37 heavy (non-hydrogen) atoms. The van der Waals surface area contributed by atoms with Crippen LogP contribution in [0.4, 0.5) is 5.69 Å². The van der Waals surface area contributed by atoms with Crippen molar-refractivity contribution in [2.24, 2.45) is 5.92 Å². The van der Waals surface area contributed by atoms with Gasteiger partial charge in [-0.1, -0.05) is 42.5 Å². The minimum Gasteiger partial charge on any atom is -0.493 e. The molecule has 1 N–H and O–H groups in total. The van der Waals surface area contributed by atoms with Crippen molar-refractivity contribution < 1.29 is 22.6 Å². The summed E-state index contributed by atoms with van der Waals surface area (Å²) >= 11 is 0. The highest BCUT2D eigenvalue weighted by atomic mass is 32.2. The summed E-state index contributed by atoms with van der Waals surface area (Å²) in [5.74, 6) is 2.08. The second kappa shape index (κ2) is 10.1. The molecule has 0 bridgehead atoms. The number of hydrogen-bond acceptors (Lipinski definition) is 6. The first kappa shape index (κ1) is 25.2. The smallest absolute Gasteiger partial charge is 0.243 e. The number of nitrogens with one attached hydrogen (secondary N) is 1. The van der Waals surface area contributed by atoms with Crippen LogP contribution in [-0.4, -0.2) is 41.1 Å². The van der Waals surface area contributed by atoms with E-state index in [1.54, 1.807) is 34.4 Å². The van der Waals surface area contributed by atoms with Crippen LogP contribution in [0.3, 0.4) is 0 Å². The van der Waals surface area contributed by atoms with Crippen LogP contribution in [0.15, 0.2) is 77.7 Å². The van der Waals surface area contributed by atoms with Crippen LogP contribution in [-0.2, 0) is 16.6 Å². The first-order valence-electron chi connectivity index (χ1n) is 12.2. The molecule has 1 aliphatic carbocycles. The molecule has 3 aromatic carbocycles. The van der Waals surface area contributed by atoms with E-state index in [-0.39, 0.29) is 17.9 Å². The molecule has 0 spiro atoms. The fourth-order valence-electron chi connectivity index (χ4n) is 5.45. The first-order valence-corrected chi connectivity index (χ1v) is 13.7. The summed E-state index contributed by atoms with van der Waals surface area (Å²) in [5.41, 5.74) is 3.89. The molecule has 2 aliphatic rings. The maximum absolute atomic E-state index is 13.4. The zero-order valence-corrected chi connectivity index (χ0v) is 22.3. The molecule has 0 aromatic heterocycles. The Morgan fingerprint density at radius 3 is 2.30 bits per heavy atom. The Labute approximate surface area is 218 Å².